The predicted octanol–water partition coefficient (Wildman–Crippen LogP) is 2.01. The molecule has 4 nitrogen and oxygen atoms in total. The zero-order chi connectivity index (χ0) is 13.8. The van der Waals surface area contributed by atoms with Crippen LogP contribution in [0.5, 0.6) is 0 Å². The number of nitrogen functional groups attached to an aromatic ring is 1. The molecule has 5 heteroatoms. The van der Waals surface area contributed by atoms with Crippen LogP contribution >= 0.6 is 0 Å². The van der Waals surface area contributed by atoms with Gasteiger partial charge < -0.3 is 10.6 Å². The second-order valence-corrected chi connectivity index (χ2v) is 4.19. The molecule has 98 valence electrons. The van der Waals surface area contributed by atoms with Gasteiger partial charge in [0.25, 0.3) is 0 Å². The molecule has 1 aromatic heterocycles. The molecule has 1 aromatic carbocycles. The van der Waals surface area contributed by atoms with Crippen LogP contribution in [0.4, 0.5) is 15.8 Å². The normalized spacial score (nSPS) is 10.2. The summed E-state index contributed by atoms with van der Waals surface area (Å²) >= 11 is 0. The first-order valence-corrected chi connectivity index (χ1v) is 5.78. The van der Waals surface area contributed by atoms with Crippen molar-refractivity contribution in [1.29, 1.82) is 0 Å². The fourth-order valence-electron chi connectivity index (χ4n) is 1.78. The molecule has 0 aliphatic carbocycles. The molecule has 1 amide bonds. The molecule has 0 unspecified atom stereocenters. The molecule has 2 N–H and O–H groups in total. The molecule has 0 aliphatic heterocycles. The Morgan fingerprint density at radius 1 is 1.42 bits per heavy atom. The van der Waals surface area contributed by atoms with E-state index in [4.69, 9.17) is 5.73 Å². The monoisotopic (exact) mass is 259 g/mol. The van der Waals surface area contributed by atoms with E-state index in [2.05, 4.69) is 4.98 Å². The Kier molecular flexibility index (Phi) is 3.75. The molecular weight excluding hydrogens is 245 g/mol. The molecule has 0 saturated carbocycles. The number of aromatic nitrogens is 1. The second kappa shape index (κ2) is 5.48. The van der Waals surface area contributed by atoms with Crippen LogP contribution in [0.15, 0.2) is 42.7 Å². The van der Waals surface area contributed by atoms with Gasteiger partial charge in [0.2, 0.25) is 5.91 Å². The van der Waals surface area contributed by atoms with E-state index in [0.29, 0.717) is 16.9 Å². The smallest absolute Gasteiger partial charge is 0.231 e. The van der Waals surface area contributed by atoms with Crippen LogP contribution in [-0.4, -0.2) is 17.9 Å². The highest BCUT2D eigenvalue weighted by Gasteiger charge is 2.14. The van der Waals surface area contributed by atoms with Crippen molar-refractivity contribution >= 4 is 17.3 Å². The van der Waals surface area contributed by atoms with Gasteiger partial charge in [-0.1, -0.05) is 12.1 Å². The molecule has 0 saturated heterocycles. The Bertz CT molecular complexity index is 601. The van der Waals surface area contributed by atoms with Crippen LogP contribution in [0, 0.1) is 5.82 Å². The molecule has 2 aromatic rings. The average Bonchev–Trinajstić information content (AvgIpc) is 2.38. The zero-order valence-corrected chi connectivity index (χ0v) is 10.5. The lowest BCUT2D eigenvalue weighted by Gasteiger charge is -2.18. The summed E-state index contributed by atoms with van der Waals surface area (Å²) in [4.78, 5) is 17.4. The van der Waals surface area contributed by atoms with Crippen molar-refractivity contribution in [3.63, 3.8) is 0 Å². The number of nitrogens with two attached hydrogens (primary N) is 1. The number of nitrogens with zero attached hydrogens (tertiary/aromatic N) is 2. The van der Waals surface area contributed by atoms with Crippen molar-refractivity contribution in [1.82, 2.24) is 4.98 Å². The molecule has 0 bridgehead atoms. The van der Waals surface area contributed by atoms with Gasteiger partial charge in [-0.05, 0) is 23.8 Å². The highest BCUT2D eigenvalue weighted by Crippen LogP contribution is 2.20. The van der Waals surface area contributed by atoms with Gasteiger partial charge in [0, 0.05) is 13.2 Å². The quantitative estimate of drug-likeness (QED) is 0.917. The summed E-state index contributed by atoms with van der Waals surface area (Å²) in [5, 5.41) is 0. The minimum Gasteiger partial charge on any atom is -0.396 e. The Morgan fingerprint density at radius 3 is 2.89 bits per heavy atom. The lowest BCUT2D eigenvalue weighted by Crippen LogP contribution is -2.28. The Labute approximate surface area is 110 Å². The van der Waals surface area contributed by atoms with E-state index in [9.17, 15) is 9.18 Å². The van der Waals surface area contributed by atoms with Crippen LogP contribution in [0.25, 0.3) is 0 Å². The number of benzene rings is 1. The van der Waals surface area contributed by atoms with Crippen molar-refractivity contribution < 1.29 is 9.18 Å². The van der Waals surface area contributed by atoms with E-state index in [0.717, 1.165) is 0 Å². The minimum absolute atomic E-state index is 0.121. The summed E-state index contributed by atoms with van der Waals surface area (Å²) in [6.07, 6.45) is 3.18. The van der Waals surface area contributed by atoms with Crippen molar-refractivity contribution in [2.45, 2.75) is 6.42 Å². The predicted molar refractivity (Wildman–Crippen MR) is 72.2 cm³/mol. The van der Waals surface area contributed by atoms with E-state index in [1.54, 1.807) is 31.4 Å². The van der Waals surface area contributed by atoms with Crippen LogP contribution in [-0.2, 0) is 11.2 Å². The average molecular weight is 259 g/mol. The topological polar surface area (TPSA) is 59.2 Å². The third-order valence-electron chi connectivity index (χ3n) is 2.81. The first kappa shape index (κ1) is 13.0. The van der Waals surface area contributed by atoms with Crippen molar-refractivity contribution in [2.24, 2.45) is 0 Å². The molecule has 1 heterocycles. The highest BCUT2D eigenvalue weighted by molar-refractivity contribution is 5.96. The lowest BCUT2D eigenvalue weighted by atomic mass is 10.1. The summed E-state index contributed by atoms with van der Waals surface area (Å²) in [7, 11) is 1.63. The number of amides is 1. The van der Waals surface area contributed by atoms with Crippen molar-refractivity contribution in [3.8, 4) is 0 Å². The summed E-state index contributed by atoms with van der Waals surface area (Å²) < 4.78 is 13.1. The van der Waals surface area contributed by atoms with Gasteiger partial charge >= 0.3 is 0 Å². The third kappa shape index (κ3) is 3.07. The summed E-state index contributed by atoms with van der Waals surface area (Å²) in [5.41, 5.74) is 7.41. The summed E-state index contributed by atoms with van der Waals surface area (Å²) in [6.45, 7) is 0. The number of hydrogen-bond acceptors (Lipinski definition) is 3. The Hall–Kier alpha value is -2.43. The largest absolute Gasteiger partial charge is 0.396 e. The van der Waals surface area contributed by atoms with Crippen LogP contribution in [0.2, 0.25) is 0 Å². The number of pyridine rings is 1. The van der Waals surface area contributed by atoms with E-state index in [1.807, 2.05) is 0 Å². The number of carbonyl (C=O) groups is 1. The SMILES string of the molecule is CN(C(=O)Cc1cccc(F)c1)c1ccncc1N. The fraction of sp³-hybridized carbons (Fsp3) is 0.143. The maximum atomic E-state index is 13.1. The van der Waals surface area contributed by atoms with Crippen LogP contribution < -0.4 is 10.6 Å². The number of halogens is 1. The van der Waals surface area contributed by atoms with E-state index in [1.165, 1.54) is 23.2 Å². The van der Waals surface area contributed by atoms with Gasteiger partial charge in [0.15, 0.2) is 0 Å². The molecule has 0 fully saturated rings. The van der Waals surface area contributed by atoms with Crippen LogP contribution in [0.3, 0.4) is 0 Å². The number of anilines is 2. The summed E-state index contributed by atoms with van der Waals surface area (Å²) in [5.74, 6) is -0.514. The molecule has 2 rings (SSSR count). The van der Waals surface area contributed by atoms with Crippen LogP contribution in [0.1, 0.15) is 5.56 Å². The molecule has 0 spiro atoms. The second-order valence-electron chi connectivity index (χ2n) is 4.19. The number of likely N-dealkylation sites (N-methyl/N-ethyl adjacent to an activating group) is 1. The first-order valence-electron chi connectivity index (χ1n) is 5.78. The Morgan fingerprint density at radius 2 is 2.21 bits per heavy atom. The highest BCUT2D eigenvalue weighted by atomic mass is 19.1. The van der Waals surface area contributed by atoms with Gasteiger partial charge in [-0.25, -0.2) is 4.39 Å². The number of rotatable bonds is 3. The van der Waals surface area contributed by atoms with Gasteiger partial charge in [0.05, 0.1) is 24.0 Å². The maximum Gasteiger partial charge on any atom is 0.231 e. The lowest BCUT2D eigenvalue weighted by molar-refractivity contribution is -0.117. The van der Waals surface area contributed by atoms with E-state index >= 15 is 0 Å². The molecule has 0 aliphatic rings. The zero-order valence-electron chi connectivity index (χ0n) is 10.5. The van der Waals surface area contributed by atoms with Crippen molar-refractivity contribution in [3.05, 3.63) is 54.1 Å². The number of carbonyl (C=O) groups excluding carboxylic acids is 1. The van der Waals surface area contributed by atoms with E-state index in [-0.39, 0.29) is 18.1 Å². The third-order valence-corrected chi connectivity index (χ3v) is 2.81. The van der Waals surface area contributed by atoms with Crippen molar-refractivity contribution in [2.75, 3.05) is 17.7 Å². The van der Waals surface area contributed by atoms with Gasteiger partial charge in [-0.15, -0.1) is 0 Å². The molecule has 0 radical (unpaired) electrons. The molecule has 0 atom stereocenters. The fourth-order valence-corrected chi connectivity index (χ4v) is 1.78. The van der Waals surface area contributed by atoms with Gasteiger partial charge in [0.1, 0.15) is 5.82 Å². The number of hydrogen-bond donors (Lipinski definition) is 1. The van der Waals surface area contributed by atoms with Gasteiger partial charge in [-0.2, -0.15) is 0 Å². The van der Waals surface area contributed by atoms with Gasteiger partial charge in [-0.3, -0.25) is 9.78 Å². The minimum atomic E-state index is -0.351. The molecular formula is C14H14FN3O. The Balaban J connectivity index is 2.14. The first-order chi connectivity index (χ1) is 9.08. The summed E-state index contributed by atoms with van der Waals surface area (Å²) in [6, 6.07) is 7.66. The molecule has 19 heavy (non-hydrogen) atoms. The van der Waals surface area contributed by atoms with E-state index < -0.39 is 0 Å². The maximum absolute atomic E-state index is 13.1. The standard InChI is InChI=1S/C14H14FN3O/c1-18(13-5-6-17-9-12(13)16)14(19)8-10-3-2-4-11(15)7-10/h2-7,9H,8,16H2,1H3.